The van der Waals surface area contributed by atoms with E-state index in [1.807, 2.05) is 18.2 Å². The van der Waals surface area contributed by atoms with Gasteiger partial charge < -0.3 is 9.13 Å². The molecule has 0 spiro atoms. The van der Waals surface area contributed by atoms with Crippen LogP contribution in [0.5, 0.6) is 0 Å². The normalized spacial score (nSPS) is 11.8. The van der Waals surface area contributed by atoms with Gasteiger partial charge in [-0.1, -0.05) is 170 Å². The van der Waals surface area contributed by atoms with Gasteiger partial charge in [0, 0.05) is 54.8 Å². The summed E-state index contributed by atoms with van der Waals surface area (Å²) >= 11 is 0. The van der Waals surface area contributed by atoms with Crippen LogP contribution >= 0.6 is 0 Å². The highest BCUT2D eigenvalue weighted by Crippen LogP contribution is 2.43. The minimum absolute atomic E-state index is 0.552. The second-order valence-corrected chi connectivity index (χ2v) is 16.0. The molecule has 63 heavy (non-hydrogen) atoms. The van der Waals surface area contributed by atoms with Crippen molar-refractivity contribution in [2.75, 3.05) is 0 Å². The van der Waals surface area contributed by atoms with E-state index < -0.39 is 0 Å². The molecule has 4 aromatic heterocycles. The Kier molecular flexibility index (Phi) is 7.80. The van der Waals surface area contributed by atoms with Crippen molar-refractivity contribution in [1.29, 1.82) is 0 Å². The lowest BCUT2D eigenvalue weighted by Gasteiger charge is -2.14. The monoisotopic (exact) mass is 804 g/mol. The van der Waals surface area contributed by atoms with Crippen LogP contribution in [0.15, 0.2) is 218 Å². The second kappa shape index (κ2) is 14.0. The van der Waals surface area contributed by atoms with Gasteiger partial charge in [-0.3, -0.25) is 4.57 Å². The molecule has 0 fully saturated rings. The molecule has 0 aliphatic carbocycles. The molecule has 0 amide bonds. The summed E-state index contributed by atoms with van der Waals surface area (Å²) in [6.07, 6.45) is 0. The number of nitrogens with zero attached hydrogens (tertiary/aromatic N) is 6. The molecule has 0 saturated carbocycles. The highest BCUT2D eigenvalue weighted by atomic mass is 15.2. The highest BCUT2D eigenvalue weighted by Gasteiger charge is 2.25. The van der Waals surface area contributed by atoms with Crippen LogP contribution in [0.25, 0.3) is 117 Å². The van der Waals surface area contributed by atoms with Crippen LogP contribution in [0.1, 0.15) is 0 Å². The molecule has 0 aliphatic heterocycles. The molecular weight excluding hydrogens is 769 g/mol. The number of hydrogen-bond donors (Lipinski definition) is 0. The molecular formula is C57H36N6. The first-order valence-corrected chi connectivity index (χ1v) is 21.3. The summed E-state index contributed by atoms with van der Waals surface area (Å²) < 4.78 is 7.03. The smallest absolute Gasteiger partial charge is 0.238 e. The van der Waals surface area contributed by atoms with E-state index in [1.54, 1.807) is 0 Å². The van der Waals surface area contributed by atoms with E-state index >= 15 is 0 Å². The van der Waals surface area contributed by atoms with Crippen molar-refractivity contribution in [2.45, 2.75) is 0 Å². The molecule has 0 saturated heterocycles. The molecule has 9 aromatic carbocycles. The average Bonchev–Trinajstić information content (AvgIpc) is 4.01. The Balaban J connectivity index is 1.15. The number of para-hydroxylation sites is 4. The quantitative estimate of drug-likeness (QED) is 0.168. The molecule has 6 heteroatoms. The molecule has 13 rings (SSSR count). The summed E-state index contributed by atoms with van der Waals surface area (Å²) in [6.45, 7) is 0. The van der Waals surface area contributed by atoms with Crippen molar-refractivity contribution < 1.29 is 0 Å². The standard InChI is InChI=1S/C57H36N6/c1-4-18-37(19-5-1)39-22-16-25-41(36-39)62-48-30-13-10-26-42(48)44-34-35-45-43-27-11-14-31-49(43)63(54(45)53(44)62)57-59-55(38-20-6-2-7-21-38)58-56(60-57)47-29-17-33-51-52(47)46-28-12-15-32-50(46)61(51)40-23-8-3-9-24-40/h1-36H. The summed E-state index contributed by atoms with van der Waals surface area (Å²) in [5.74, 6) is 1.76. The van der Waals surface area contributed by atoms with Gasteiger partial charge in [-0.05, 0) is 59.7 Å². The van der Waals surface area contributed by atoms with Crippen molar-refractivity contribution >= 4 is 65.4 Å². The number of fused-ring (bicyclic) bond motifs is 10. The van der Waals surface area contributed by atoms with Crippen LogP contribution in [0.3, 0.4) is 0 Å². The first-order valence-electron chi connectivity index (χ1n) is 21.3. The maximum absolute atomic E-state index is 5.55. The first kappa shape index (κ1) is 35.2. The van der Waals surface area contributed by atoms with Crippen LogP contribution in [0.4, 0.5) is 0 Å². The molecule has 6 nitrogen and oxygen atoms in total. The molecule has 0 unspecified atom stereocenters. The Morgan fingerprint density at radius 3 is 1.48 bits per heavy atom. The Labute approximate surface area is 362 Å². The zero-order valence-corrected chi connectivity index (χ0v) is 34.0. The zero-order valence-electron chi connectivity index (χ0n) is 34.0. The van der Waals surface area contributed by atoms with Gasteiger partial charge in [-0.2, -0.15) is 9.97 Å². The topological polar surface area (TPSA) is 53.5 Å². The summed E-state index contributed by atoms with van der Waals surface area (Å²) in [5, 5.41) is 6.81. The van der Waals surface area contributed by atoms with Crippen LogP contribution in [0, 0.1) is 0 Å². The van der Waals surface area contributed by atoms with Gasteiger partial charge in [0.1, 0.15) is 0 Å². The Hall–Kier alpha value is -8.61. The Morgan fingerprint density at radius 1 is 0.286 bits per heavy atom. The first-order chi connectivity index (χ1) is 31.3. The van der Waals surface area contributed by atoms with Crippen molar-refractivity contribution in [3.63, 3.8) is 0 Å². The van der Waals surface area contributed by atoms with Gasteiger partial charge in [0.2, 0.25) is 5.95 Å². The molecule has 4 heterocycles. The fraction of sp³-hybridized carbons (Fsp3) is 0. The lowest BCUT2D eigenvalue weighted by atomic mass is 10.1. The summed E-state index contributed by atoms with van der Waals surface area (Å²) in [7, 11) is 0. The predicted molar refractivity (Wildman–Crippen MR) is 259 cm³/mol. The van der Waals surface area contributed by atoms with Gasteiger partial charge in [0.15, 0.2) is 11.6 Å². The lowest BCUT2D eigenvalue weighted by molar-refractivity contribution is 0.954. The van der Waals surface area contributed by atoms with E-state index in [4.69, 9.17) is 15.0 Å². The minimum atomic E-state index is 0.552. The van der Waals surface area contributed by atoms with E-state index in [0.29, 0.717) is 17.6 Å². The Bertz CT molecular complexity index is 3900. The maximum Gasteiger partial charge on any atom is 0.238 e. The zero-order chi connectivity index (χ0) is 41.4. The van der Waals surface area contributed by atoms with Crippen molar-refractivity contribution in [2.24, 2.45) is 0 Å². The molecule has 0 aliphatic rings. The molecule has 0 radical (unpaired) electrons. The lowest BCUT2D eigenvalue weighted by Crippen LogP contribution is -2.07. The summed E-state index contributed by atoms with van der Waals surface area (Å²) in [5.41, 5.74) is 12.8. The fourth-order valence-corrected chi connectivity index (χ4v) is 9.79. The highest BCUT2D eigenvalue weighted by molar-refractivity contribution is 6.24. The van der Waals surface area contributed by atoms with Gasteiger partial charge in [0.05, 0.1) is 33.1 Å². The number of benzene rings is 9. The van der Waals surface area contributed by atoms with Crippen LogP contribution < -0.4 is 0 Å². The molecule has 0 bridgehead atoms. The molecule has 13 aromatic rings. The van der Waals surface area contributed by atoms with E-state index in [1.165, 1.54) is 10.9 Å². The maximum atomic E-state index is 5.55. The van der Waals surface area contributed by atoms with Gasteiger partial charge in [-0.25, -0.2) is 4.98 Å². The molecule has 0 N–H and O–H groups in total. The third kappa shape index (κ3) is 5.41. The van der Waals surface area contributed by atoms with Crippen molar-refractivity contribution in [1.82, 2.24) is 28.7 Å². The third-order valence-electron chi connectivity index (χ3n) is 12.5. The van der Waals surface area contributed by atoms with Gasteiger partial charge in [0.25, 0.3) is 0 Å². The number of aromatic nitrogens is 6. The van der Waals surface area contributed by atoms with Crippen molar-refractivity contribution in [3.05, 3.63) is 218 Å². The van der Waals surface area contributed by atoms with Gasteiger partial charge in [-0.15, -0.1) is 0 Å². The van der Waals surface area contributed by atoms with Crippen LogP contribution in [-0.4, -0.2) is 28.7 Å². The SMILES string of the molecule is c1ccc(-c2cccc(-n3c4ccccc4c4ccc5c6ccccc6n(-c6nc(-c7ccccc7)nc(-c7cccc8c7c7ccccc7n8-c7ccccc7)n6)c5c43)c2)cc1. The van der Waals surface area contributed by atoms with Gasteiger partial charge >= 0.3 is 0 Å². The van der Waals surface area contributed by atoms with Crippen molar-refractivity contribution in [3.8, 4) is 51.2 Å². The number of hydrogen-bond acceptors (Lipinski definition) is 3. The fourth-order valence-electron chi connectivity index (χ4n) is 9.79. The average molecular weight is 805 g/mol. The summed E-state index contributed by atoms with van der Waals surface area (Å²) in [4.78, 5) is 16.3. The largest absolute Gasteiger partial charge is 0.309 e. The van der Waals surface area contributed by atoms with E-state index in [-0.39, 0.29) is 0 Å². The predicted octanol–water partition coefficient (Wildman–Crippen LogP) is 14.2. The van der Waals surface area contributed by atoms with Crippen LogP contribution in [-0.2, 0) is 0 Å². The summed E-state index contributed by atoms with van der Waals surface area (Å²) in [6, 6.07) is 77.3. The second-order valence-electron chi connectivity index (χ2n) is 16.0. The minimum Gasteiger partial charge on any atom is -0.309 e. The van der Waals surface area contributed by atoms with E-state index in [0.717, 1.165) is 88.1 Å². The molecule has 294 valence electrons. The third-order valence-corrected chi connectivity index (χ3v) is 12.5. The van der Waals surface area contributed by atoms with Crippen LogP contribution in [0.2, 0.25) is 0 Å². The van der Waals surface area contributed by atoms with E-state index in [2.05, 4.69) is 214 Å². The molecule has 0 atom stereocenters. The van der Waals surface area contributed by atoms with E-state index in [9.17, 15) is 0 Å². The Morgan fingerprint density at radius 2 is 0.778 bits per heavy atom. The number of rotatable bonds is 6.